The van der Waals surface area contributed by atoms with E-state index < -0.39 is 0 Å². The molecule has 9 rings (SSSR count). The van der Waals surface area contributed by atoms with Crippen molar-refractivity contribution in [3.05, 3.63) is 121 Å². The predicted molar refractivity (Wildman–Crippen MR) is 166 cm³/mol. The van der Waals surface area contributed by atoms with Gasteiger partial charge in [-0.25, -0.2) is 15.0 Å². The molecule has 0 N–H and O–H groups in total. The molecule has 0 aliphatic heterocycles. The molecule has 0 aliphatic rings. The molecule has 0 bridgehead atoms. The van der Waals surface area contributed by atoms with Crippen LogP contribution in [0.1, 0.15) is 0 Å². The van der Waals surface area contributed by atoms with Gasteiger partial charge >= 0.3 is 0 Å². The lowest BCUT2D eigenvalue weighted by Crippen LogP contribution is -2.01. The van der Waals surface area contributed by atoms with E-state index in [0.29, 0.717) is 23.2 Å². The Balaban J connectivity index is 1.35. The largest absolute Gasteiger partial charge is 0.456 e. The summed E-state index contributed by atoms with van der Waals surface area (Å²) in [5.41, 5.74) is 5.39. The smallest absolute Gasteiger partial charge is 0.183 e. The van der Waals surface area contributed by atoms with Gasteiger partial charge in [0.2, 0.25) is 0 Å². The van der Waals surface area contributed by atoms with Crippen LogP contribution in [0.3, 0.4) is 0 Å². The molecule has 5 aromatic carbocycles. The quantitative estimate of drug-likeness (QED) is 0.222. The van der Waals surface area contributed by atoms with Gasteiger partial charge < -0.3 is 8.83 Å². The summed E-state index contributed by atoms with van der Waals surface area (Å²) < 4.78 is 12.7. The van der Waals surface area contributed by atoms with Crippen LogP contribution in [-0.2, 0) is 0 Å². The third kappa shape index (κ3) is 3.45. The van der Waals surface area contributed by atoms with Crippen molar-refractivity contribution < 1.29 is 8.83 Å². The van der Waals surface area contributed by atoms with E-state index in [9.17, 15) is 0 Å². The van der Waals surface area contributed by atoms with E-state index in [-0.39, 0.29) is 0 Å². The molecule has 0 fully saturated rings. The van der Waals surface area contributed by atoms with Crippen LogP contribution in [-0.4, -0.2) is 19.9 Å². The first kappa shape index (κ1) is 22.9. The highest BCUT2D eigenvalue weighted by Crippen LogP contribution is 2.39. The Bertz CT molecular complexity index is 2480. The minimum Gasteiger partial charge on any atom is -0.456 e. The number of rotatable bonds is 3. The third-order valence-electron chi connectivity index (χ3n) is 7.77. The Morgan fingerprint density at radius 2 is 1.21 bits per heavy atom. The van der Waals surface area contributed by atoms with Gasteiger partial charge in [-0.1, -0.05) is 84.9 Å². The lowest BCUT2D eigenvalue weighted by atomic mass is 10.1. The van der Waals surface area contributed by atoms with Gasteiger partial charge in [0.25, 0.3) is 0 Å². The number of hydrogen-bond donors (Lipinski definition) is 0. The van der Waals surface area contributed by atoms with Gasteiger partial charge in [0, 0.05) is 27.9 Å². The van der Waals surface area contributed by atoms with Gasteiger partial charge in [-0.15, -0.1) is 0 Å². The average Bonchev–Trinajstić information content (AvgIpc) is 3.62. The topological polar surface area (TPSA) is 77.8 Å². The van der Waals surface area contributed by atoms with Gasteiger partial charge in [-0.3, -0.25) is 4.98 Å². The molecule has 0 spiro atoms. The second-order valence-electron chi connectivity index (χ2n) is 10.3. The van der Waals surface area contributed by atoms with Crippen molar-refractivity contribution in [2.45, 2.75) is 0 Å². The maximum absolute atomic E-state index is 6.35. The van der Waals surface area contributed by atoms with Crippen molar-refractivity contribution in [2.24, 2.45) is 0 Å². The highest BCUT2D eigenvalue weighted by atomic mass is 16.3. The van der Waals surface area contributed by atoms with Crippen molar-refractivity contribution >= 4 is 54.6 Å². The van der Waals surface area contributed by atoms with Gasteiger partial charge in [-0.05, 0) is 41.1 Å². The van der Waals surface area contributed by atoms with Gasteiger partial charge in [0.05, 0.1) is 10.9 Å². The maximum atomic E-state index is 6.35. The first-order chi connectivity index (χ1) is 20.8. The molecule has 0 amide bonds. The minimum absolute atomic E-state index is 0.466. The van der Waals surface area contributed by atoms with Gasteiger partial charge in [0.15, 0.2) is 17.5 Å². The van der Waals surface area contributed by atoms with E-state index in [1.54, 1.807) is 6.20 Å². The van der Waals surface area contributed by atoms with Crippen LogP contribution in [0.15, 0.2) is 130 Å². The fraction of sp³-hybridized carbons (Fsp3) is 0. The average molecular weight is 541 g/mol. The molecule has 9 aromatic rings. The zero-order valence-corrected chi connectivity index (χ0v) is 22.2. The second kappa shape index (κ2) is 8.81. The predicted octanol–water partition coefficient (Wildman–Crippen LogP) is 9.22. The molecule has 42 heavy (non-hydrogen) atoms. The summed E-state index contributed by atoms with van der Waals surface area (Å²) in [5, 5.41) is 6.15. The molecule has 4 aromatic heterocycles. The van der Waals surface area contributed by atoms with E-state index in [4.69, 9.17) is 28.8 Å². The van der Waals surface area contributed by atoms with Crippen LogP contribution in [0.5, 0.6) is 0 Å². The SMILES string of the molecule is c1ccc(-c2nc(-c3cccc4c3oc3ccccc34)nc(-c3nccc4oc5cc6ccccc6cc5c34)n2)cc1. The van der Waals surface area contributed by atoms with Crippen molar-refractivity contribution in [1.29, 1.82) is 0 Å². The minimum atomic E-state index is 0.466. The van der Waals surface area contributed by atoms with Crippen LogP contribution in [0, 0.1) is 0 Å². The second-order valence-corrected chi connectivity index (χ2v) is 10.3. The maximum Gasteiger partial charge on any atom is 0.183 e. The lowest BCUT2D eigenvalue weighted by Gasteiger charge is -2.09. The Morgan fingerprint density at radius 3 is 2.12 bits per heavy atom. The number of aromatic nitrogens is 4. The molecule has 0 aliphatic carbocycles. The standard InChI is InChI=1S/C36H20N4O2/c1-2-9-21(10-3-1)34-38-35(26-15-8-14-25-24-13-6-7-16-28(24)42-33(25)26)40-36(39-34)32-31-27-19-22-11-4-5-12-23(22)20-30(27)41-29(31)17-18-37-32/h1-20H. The molecule has 196 valence electrons. The number of nitrogens with zero attached hydrogens (tertiary/aromatic N) is 4. The first-order valence-corrected chi connectivity index (χ1v) is 13.7. The number of pyridine rings is 1. The summed E-state index contributed by atoms with van der Waals surface area (Å²) >= 11 is 0. The van der Waals surface area contributed by atoms with E-state index in [0.717, 1.165) is 65.8 Å². The van der Waals surface area contributed by atoms with Crippen LogP contribution in [0.4, 0.5) is 0 Å². The Labute approximate surface area is 238 Å². The monoisotopic (exact) mass is 540 g/mol. The van der Waals surface area contributed by atoms with Crippen molar-refractivity contribution in [3.8, 4) is 34.3 Å². The Morgan fingerprint density at radius 1 is 0.476 bits per heavy atom. The van der Waals surface area contributed by atoms with Crippen molar-refractivity contribution in [3.63, 3.8) is 0 Å². The highest BCUT2D eigenvalue weighted by Gasteiger charge is 2.21. The number of furan rings is 2. The normalized spacial score (nSPS) is 11.8. The molecule has 6 heteroatoms. The zero-order chi connectivity index (χ0) is 27.6. The number of benzene rings is 5. The van der Waals surface area contributed by atoms with Crippen LogP contribution in [0.2, 0.25) is 0 Å². The summed E-state index contributed by atoms with van der Waals surface area (Å²) in [6.45, 7) is 0. The number of para-hydroxylation sites is 2. The van der Waals surface area contributed by atoms with E-state index in [1.807, 2.05) is 78.9 Å². The molecule has 6 nitrogen and oxygen atoms in total. The summed E-state index contributed by atoms with van der Waals surface area (Å²) in [6.07, 6.45) is 1.74. The summed E-state index contributed by atoms with van der Waals surface area (Å²) in [4.78, 5) is 19.8. The summed E-state index contributed by atoms with van der Waals surface area (Å²) in [7, 11) is 0. The van der Waals surface area contributed by atoms with E-state index in [1.165, 1.54) is 0 Å². The highest BCUT2D eigenvalue weighted by molar-refractivity contribution is 6.14. The molecule has 0 radical (unpaired) electrons. The summed E-state index contributed by atoms with van der Waals surface area (Å²) in [6, 6.07) is 38.4. The fourth-order valence-electron chi connectivity index (χ4n) is 5.82. The number of fused-ring (bicyclic) bond motifs is 7. The third-order valence-corrected chi connectivity index (χ3v) is 7.77. The molecular weight excluding hydrogens is 520 g/mol. The molecule has 4 heterocycles. The Hall–Kier alpha value is -5.88. The number of hydrogen-bond acceptors (Lipinski definition) is 6. The zero-order valence-electron chi connectivity index (χ0n) is 22.2. The van der Waals surface area contributed by atoms with Crippen molar-refractivity contribution in [1.82, 2.24) is 19.9 Å². The molecule has 0 saturated heterocycles. The molecule has 0 unspecified atom stereocenters. The fourth-order valence-corrected chi connectivity index (χ4v) is 5.82. The molecule has 0 atom stereocenters. The summed E-state index contributed by atoms with van der Waals surface area (Å²) in [5.74, 6) is 1.54. The molecule has 0 saturated carbocycles. The van der Waals surface area contributed by atoms with Crippen LogP contribution < -0.4 is 0 Å². The first-order valence-electron chi connectivity index (χ1n) is 13.7. The van der Waals surface area contributed by atoms with Crippen molar-refractivity contribution in [2.75, 3.05) is 0 Å². The van der Waals surface area contributed by atoms with E-state index in [2.05, 4.69) is 36.4 Å². The lowest BCUT2D eigenvalue weighted by molar-refractivity contribution is 0.668. The van der Waals surface area contributed by atoms with Gasteiger partial charge in [0.1, 0.15) is 28.0 Å². The van der Waals surface area contributed by atoms with Crippen LogP contribution in [0.25, 0.3) is 88.9 Å². The van der Waals surface area contributed by atoms with Crippen LogP contribution >= 0.6 is 0 Å². The van der Waals surface area contributed by atoms with E-state index >= 15 is 0 Å². The molecular formula is C36H20N4O2. The van der Waals surface area contributed by atoms with Gasteiger partial charge in [-0.2, -0.15) is 0 Å². The Kier molecular flexibility index (Phi) is 4.80.